The summed E-state index contributed by atoms with van der Waals surface area (Å²) in [6.07, 6.45) is 2.54. The molecule has 2 N–H and O–H groups in total. The molecule has 0 radical (unpaired) electrons. The lowest BCUT2D eigenvalue weighted by Crippen LogP contribution is -2.50. The second-order valence-electron chi connectivity index (χ2n) is 7.26. The van der Waals surface area contributed by atoms with Gasteiger partial charge in [0.25, 0.3) is 0 Å². The summed E-state index contributed by atoms with van der Waals surface area (Å²) in [5, 5.41) is 6.87. The molecular weight excluding hydrogens is 368 g/mol. The molecule has 1 aliphatic heterocycles. The van der Waals surface area contributed by atoms with Gasteiger partial charge in [-0.25, -0.2) is 9.78 Å². The Bertz CT molecular complexity index is 839. The van der Waals surface area contributed by atoms with Gasteiger partial charge in [-0.2, -0.15) is 0 Å². The van der Waals surface area contributed by atoms with E-state index in [0.717, 1.165) is 49.7 Å². The average Bonchev–Trinajstić information content (AvgIpc) is 3.06. The van der Waals surface area contributed by atoms with E-state index in [-0.39, 0.29) is 6.09 Å². The third-order valence-electron chi connectivity index (χ3n) is 5.28. The Morgan fingerprint density at radius 3 is 2.79 bits per heavy atom. The predicted molar refractivity (Wildman–Crippen MR) is 115 cm³/mol. The van der Waals surface area contributed by atoms with Crippen molar-refractivity contribution in [2.45, 2.75) is 45.7 Å². The Labute approximate surface area is 172 Å². The van der Waals surface area contributed by atoms with Gasteiger partial charge in [0.15, 0.2) is 5.96 Å². The van der Waals surface area contributed by atoms with Crippen molar-refractivity contribution in [3.05, 3.63) is 30.1 Å². The average molecular weight is 401 g/mol. The van der Waals surface area contributed by atoms with E-state index in [1.54, 1.807) is 11.9 Å². The number of benzene rings is 1. The number of aryl methyl sites for hydroxylation is 2. The van der Waals surface area contributed by atoms with Gasteiger partial charge in [0, 0.05) is 39.3 Å². The molecule has 0 bridgehead atoms. The third-order valence-corrected chi connectivity index (χ3v) is 5.28. The van der Waals surface area contributed by atoms with Crippen LogP contribution in [0.1, 0.15) is 32.0 Å². The monoisotopic (exact) mass is 400 g/mol. The zero-order valence-electron chi connectivity index (χ0n) is 17.6. The quantitative estimate of drug-likeness (QED) is 0.442. The smallest absolute Gasteiger partial charge is 0.409 e. The van der Waals surface area contributed by atoms with E-state index in [9.17, 15) is 4.79 Å². The van der Waals surface area contributed by atoms with E-state index >= 15 is 0 Å². The second-order valence-corrected chi connectivity index (χ2v) is 7.26. The van der Waals surface area contributed by atoms with Gasteiger partial charge in [0.05, 0.1) is 17.6 Å². The molecule has 3 rings (SSSR count). The van der Waals surface area contributed by atoms with E-state index in [1.165, 1.54) is 5.52 Å². The number of nitrogens with one attached hydrogen (secondary N) is 2. The highest BCUT2D eigenvalue weighted by molar-refractivity contribution is 5.80. The van der Waals surface area contributed by atoms with Gasteiger partial charge in [-0.1, -0.05) is 12.1 Å². The maximum atomic E-state index is 11.8. The number of piperidine rings is 1. The zero-order valence-corrected chi connectivity index (χ0v) is 17.6. The molecule has 158 valence electrons. The summed E-state index contributed by atoms with van der Waals surface area (Å²) in [4.78, 5) is 22.5. The minimum atomic E-state index is -0.212. The summed E-state index contributed by atoms with van der Waals surface area (Å²) >= 11 is 0. The first-order valence-electron chi connectivity index (χ1n) is 10.4. The number of likely N-dealkylation sites (tertiary alicyclic amines) is 1. The Balaban J connectivity index is 1.41. The van der Waals surface area contributed by atoms with Crippen LogP contribution in [-0.4, -0.2) is 65.8 Å². The van der Waals surface area contributed by atoms with Gasteiger partial charge < -0.3 is 24.8 Å². The summed E-state index contributed by atoms with van der Waals surface area (Å²) in [6.45, 7) is 7.46. The number of rotatable bonds is 6. The van der Waals surface area contributed by atoms with Gasteiger partial charge in [-0.05, 0) is 45.2 Å². The fraction of sp³-hybridized carbons (Fsp3) is 0.571. The van der Waals surface area contributed by atoms with Gasteiger partial charge in [-0.15, -0.1) is 0 Å². The summed E-state index contributed by atoms with van der Waals surface area (Å²) in [7, 11) is 1.79. The predicted octanol–water partition coefficient (Wildman–Crippen LogP) is 2.52. The minimum Gasteiger partial charge on any atom is -0.450 e. The Morgan fingerprint density at radius 1 is 1.31 bits per heavy atom. The van der Waals surface area contributed by atoms with Crippen LogP contribution in [0.2, 0.25) is 0 Å². The highest BCUT2D eigenvalue weighted by Gasteiger charge is 2.23. The van der Waals surface area contributed by atoms with Crippen molar-refractivity contribution in [1.82, 2.24) is 25.1 Å². The highest BCUT2D eigenvalue weighted by Crippen LogP contribution is 2.15. The molecular formula is C21H32N6O2. The van der Waals surface area contributed by atoms with Crippen LogP contribution in [0.4, 0.5) is 4.79 Å². The standard InChI is InChI=1S/C21H32N6O2/c1-4-29-21(28)26-14-10-17(11-15-26)25-20(22-3)23-12-7-13-27-16(2)24-18-8-5-6-9-19(18)27/h5-6,8-9,17H,4,7,10-15H2,1-3H3,(H2,22,23,25). The SMILES string of the molecule is CCOC(=O)N1CCC(NC(=NC)NCCCn2c(C)nc3ccccc32)CC1. The molecule has 2 heterocycles. The normalized spacial score (nSPS) is 15.6. The van der Waals surface area contributed by atoms with E-state index in [2.05, 4.69) is 50.3 Å². The van der Waals surface area contributed by atoms with Crippen LogP contribution in [0.25, 0.3) is 11.0 Å². The molecule has 0 saturated carbocycles. The highest BCUT2D eigenvalue weighted by atomic mass is 16.6. The van der Waals surface area contributed by atoms with Crippen molar-refractivity contribution in [1.29, 1.82) is 0 Å². The molecule has 8 heteroatoms. The largest absolute Gasteiger partial charge is 0.450 e. The number of para-hydroxylation sites is 2. The van der Waals surface area contributed by atoms with Crippen molar-refractivity contribution < 1.29 is 9.53 Å². The van der Waals surface area contributed by atoms with Crippen LogP contribution in [-0.2, 0) is 11.3 Å². The topological polar surface area (TPSA) is 83.8 Å². The Morgan fingerprint density at radius 2 is 2.07 bits per heavy atom. The van der Waals surface area contributed by atoms with Crippen molar-refractivity contribution >= 4 is 23.1 Å². The van der Waals surface area contributed by atoms with Crippen LogP contribution < -0.4 is 10.6 Å². The minimum absolute atomic E-state index is 0.212. The van der Waals surface area contributed by atoms with Crippen LogP contribution in [0.3, 0.4) is 0 Å². The second kappa shape index (κ2) is 10.1. The van der Waals surface area contributed by atoms with Gasteiger partial charge >= 0.3 is 6.09 Å². The number of guanidine groups is 1. The molecule has 2 aromatic rings. The summed E-state index contributed by atoms with van der Waals surface area (Å²) in [5.74, 6) is 1.86. The number of hydrogen-bond donors (Lipinski definition) is 2. The summed E-state index contributed by atoms with van der Waals surface area (Å²) in [6, 6.07) is 8.55. The van der Waals surface area contributed by atoms with E-state index in [4.69, 9.17) is 4.74 Å². The fourth-order valence-electron chi connectivity index (χ4n) is 3.73. The lowest BCUT2D eigenvalue weighted by molar-refractivity contribution is 0.0963. The summed E-state index contributed by atoms with van der Waals surface area (Å²) < 4.78 is 7.34. The fourth-order valence-corrected chi connectivity index (χ4v) is 3.73. The van der Waals surface area contributed by atoms with Crippen molar-refractivity contribution in [2.24, 2.45) is 4.99 Å². The van der Waals surface area contributed by atoms with Crippen molar-refractivity contribution in [2.75, 3.05) is 33.3 Å². The van der Waals surface area contributed by atoms with Crippen molar-refractivity contribution in [3.63, 3.8) is 0 Å². The number of amides is 1. The van der Waals surface area contributed by atoms with Crippen LogP contribution in [0, 0.1) is 6.92 Å². The molecule has 1 aliphatic rings. The van der Waals surface area contributed by atoms with Crippen molar-refractivity contribution in [3.8, 4) is 0 Å². The van der Waals surface area contributed by atoms with Gasteiger partial charge in [0.2, 0.25) is 0 Å². The van der Waals surface area contributed by atoms with Gasteiger partial charge in [-0.3, -0.25) is 4.99 Å². The van der Waals surface area contributed by atoms with Crippen LogP contribution in [0.15, 0.2) is 29.3 Å². The molecule has 0 aliphatic carbocycles. The molecule has 0 spiro atoms. The Kier molecular flexibility index (Phi) is 7.32. The first kappa shape index (κ1) is 21.0. The number of carbonyl (C=O) groups is 1. The number of hydrogen-bond acceptors (Lipinski definition) is 4. The number of carbonyl (C=O) groups excluding carboxylic acids is 1. The first-order chi connectivity index (χ1) is 14.1. The number of fused-ring (bicyclic) bond motifs is 1. The summed E-state index contributed by atoms with van der Waals surface area (Å²) in [5.41, 5.74) is 2.23. The molecule has 0 unspecified atom stereocenters. The zero-order chi connectivity index (χ0) is 20.6. The number of aliphatic imine (C=N–C) groups is 1. The molecule has 1 fully saturated rings. The molecule has 1 aromatic carbocycles. The molecule has 1 saturated heterocycles. The molecule has 1 aromatic heterocycles. The maximum absolute atomic E-state index is 11.8. The van der Waals surface area contributed by atoms with E-state index in [1.807, 2.05) is 13.0 Å². The number of ether oxygens (including phenoxy) is 1. The van der Waals surface area contributed by atoms with Crippen LogP contribution >= 0.6 is 0 Å². The Hall–Kier alpha value is -2.77. The van der Waals surface area contributed by atoms with E-state index < -0.39 is 0 Å². The maximum Gasteiger partial charge on any atom is 0.409 e. The molecule has 0 atom stereocenters. The number of imidazole rings is 1. The van der Waals surface area contributed by atoms with Crippen LogP contribution in [0.5, 0.6) is 0 Å². The lowest BCUT2D eigenvalue weighted by Gasteiger charge is -2.32. The van der Waals surface area contributed by atoms with E-state index in [0.29, 0.717) is 25.7 Å². The molecule has 1 amide bonds. The number of nitrogens with zero attached hydrogens (tertiary/aromatic N) is 4. The lowest BCUT2D eigenvalue weighted by atomic mass is 10.1. The number of aromatic nitrogens is 2. The first-order valence-corrected chi connectivity index (χ1v) is 10.4. The van der Waals surface area contributed by atoms with Gasteiger partial charge in [0.1, 0.15) is 5.82 Å². The molecule has 29 heavy (non-hydrogen) atoms. The third kappa shape index (κ3) is 5.40. The molecule has 8 nitrogen and oxygen atoms in total.